The molecule has 0 N–H and O–H groups in total. The van der Waals surface area contributed by atoms with Crippen LogP contribution >= 0.6 is 0 Å². The quantitative estimate of drug-likeness (QED) is 0.343. The lowest BCUT2D eigenvalue weighted by Crippen LogP contribution is -2.41. The minimum Gasteiger partial charge on any atom is -0.481 e. The highest BCUT2D eigenvalue weighted by atomic mass is 19.4. The second-order valence-corrected chi connectivity index (χ2v) is 3.91. The zero-order valence-electron chi connectivity index (χ0n) is 9.69. The van der Waals surface area contributed by atoms with E-state index in [0.29, 0.717) is 0 Å². The first kappa shape index (κ1) is 17.2. The van der Waals surface area contributed by atoms with Gasteiger partial charge in [-0.2, -0.15) is 30.7 Å². The molecule has 0 aromatic rings. The van der Waals surface area contributed by atoms with E-state index in [1.165, 1.54) is 0 Å². The van der Waals surface area contributed by atoms with Gasteiger partial charge in [-0.1, -0.05) is 0 Å². The van der Waals surface area contributed by atoms with Gasteiger partial charge in [0.1, 0.15) is 0 Å². The molecule has 21 heavy (non-hydrogen) atoms. The van der Waals surface area contributed by atoms with Crippen molar-refractivity contribution in [1.29, 1.82) is 0 Å². The Morgan fingerprint density at radius 2 is 1.81 bits per heavy atom. The molecular formula is C9H5F8NO3. The maximum Gasteiger partial charge on any atom is 0.456 e. The highest BCUT2D eigenvalue weighted by molar-refractivity contribution is 5.31. The van der Waals surface area contributed by atoms with Gasteiger partial charge in [0, 0.05) is 0 Å². The summed E-state index contributed by atoms with van der Waals surface area (Å²) in [6, 6.07) is 0. The summed E-state index contributed by atoms with van der Waals surface area (Å²) in [7, 11) is 0. The zero-order valence-corrected chi connectivity index (χ0v) is 9.69. The number of allylic oxidation sites excluding steroid dienone is 1. The maximum absolute atomic E-state index is 13.5. The van der Waals surface area contributed by atoms with Crippen LogP contribution in [0.5, 0.6) is 0 Å². The van der Waals surface area contributed by atoms with Crippen LogP contribution in [0.1, 0.15) is 6.42 Å². The molecule has 0 amide bonds. The molecule has 0 aromatic heterocycles. The summed E-state index contributed by atoms with van der Waals surface area (Å²) in [5.74, 6) is -15.8. The van der Waals surface area contributed by atoms with Crippen molar-refractivity contribution >= 4 is 0 Å². The first-order valence-electron chi connectivity index (χ1n) is 5.00. The fraction of sp³-hybridized carbons (Fsp3) is 0.556. The van der Waals surface area contributed by atoms with Gasteiger partial charge in [-0.3, -0.25) is 10.1 Å². The molecule has 1 unspecified atom stereocenters. The van der Waals surface area contributed by atoms with Crippen LogP contribution in [-0.2, 0) is 4.74 Å². The standard InChI is InChI=1S/C9H5F8NO3/c10-4-1-2-7(12,18(19)20)6(11)5(4)21-3-8(13,14)9(15,16)17/h1H,2-3H2. The van der Waals surface area contributed by atoms with E-state index in [0.717, 1.165) is 0 Å². The largest absolute Gasteiger partial charge is 0.481 e. The Kier molecular flexibility index (Phi) is 4.21. The van der Waals surface area contributed by atoms with E-state index in [9.17, 15) is 45.2 Å². The Balaban J connectivity index is 3.05. The van der Waals surface area contributed by atoms with Crippen molar-refractivity contribution in [3.63, 3.8) is 0 Å². The van der Waals surface area contributed by atoms with Gasteiger partial charge >= 0.3 is 17.9 Å². The summed E-state index contributed by atoms with van der Waals surface area (Å²) >= 11 is 0. The molecule has 1 rings (SSSR count). The predicted molar refractivity (Wildman–Crippen MR) is 49.7 cm³/mol. The van der Waals surface area contributed by atoms with Crippen LogP contribution in [-0.4, -0.2) is 29.4 Å². The Bertz CT molecular complexity index is 512. The van der Waals surface area contributed by atoms with E-state index in [-0.39, 0.29) is 6.08 Å². The lowest BCUT2D eigenvalue weighted by molar-refractivity contribution is -0.596. The van der Waals surface area contributed by atoms with Crippen LogP contribution < -0.4 is 0 Å². The van der Waals surface area contributed by atoms with Crippen LogP contribution in [0.4, 0.5) is 35.1 Å². The molecule has 1 atom stereocenters. The summed E-state index contributed by atoms with van der Waals surface area (Å²) in [5.41, 5.74) is 0. The summed E-state index contributed by atoms with van der Waals surface area (Å²) in [5, 5.41) is 10.3. The lowest BCUT2D eigenvalue weighted by atomic mass is 10.0. The minimum absolute atomic E-state index is 0.104. The van der Waals surface area contributed by atoms with Gasteiger partial charge in [-0.05, 0) is 6.08 Å². The highest BCUT2D eigenvalue weighted by Gasteiger charge is 2.59. The van der Waals surface area contributed by atoms with Gasteiger partial charge in [0.25, 0.3) is 5.83 Å². The van der Waals surface area contributed by atoms with Crippen LogP contribution in [0.2, 0.25) is 0 Å². The Morgan fingerprint density at radius 1 is 1.29 bits per heavy atom. The zero-order chi connectivity index (χ0) is 16.6. The number of halogens is 8. The molecule has 0 saturated carbocycles. The molecule has 0 fully saturated rings. The number of hydrogen-bond donors (Lipinski definition) is 0. The normalized spacial score (nSPS) is 23.9. The van der Waals surface area contributed by atoms with E-state index in [4.69, 9.17) is 0 Å². The Morgan fingerprint density at radius 3 is 2.24 bits per heavy atom. The molecule has 4 nitrogen and oxygen atoms in total. The SMILES string of the molecule is O=[N+]([O-])C1(F)CC=C(F)C(OCC(F)(F)C(F)(F)F)=C1F. The smallest absolute Gasteiger partial charge is 0.456 e. The van der Waals surface area contributed by atoms with Gasteiger partial charge in [0.05, 0.1) is 11.3 Å². The van der Waals surface area contributed by atoms with Crippen molar-refractivity contribution in [1.82, 2.24) is 0 Å². The lowest BCUT2D eigenvalue weighted by Gasteiger charge is -2.23. The number of ether oxygens (including phenoxy) is 1. The number of alkyl halides is 6. The predicted octanol–water partition coefficient (Wildman–Crippen LogP) is 3.58. The van der Waals surface area contributed by atoms with Gasteiger partial charge in [-0.25, -0.2) is 4.39 Å². The molecule has 1 aliphatic carbocycles. The van der Waals surface area contributed by atoms with E-state index in [1.54, 1.807) is 0 Å². The maximum atomic E-state index is 13.5. The topological polar surface area (TPSA) is 52.4 Å². The fourth-order valence-electron chi connectivity index (χ4n) is 1.22. The van der Waals surface area contributed by atoms with E-state index < -0.39 is 53.3 Å². The number of nitrogens with zero attached hydrogens (tertiary/aromatic N) is 1. The summed E-state index contributed by atoms with van der Waals surface area (Å²) in [6.45, 7) is -2.56. The number of hydrogen-bond acceptors (Lipinski definition) is 3. The molecule has 0 bridgehead atoms. The van der Waals surface area contributed by atoms with Gasteiger partial charge in [0.15, 0.2) is 18.2 Å². The monoisotopic (exact) mass is 327 g/mol. The molecule has 0 spiro atoms. The molecule has 0 aliphatic heterocycles. The molecular weight excluding hydrogens is 322 g/mol. The molecule has 120 valence electrons. The van der Waals surface area contributed by atoms with Crippen molar-refractivity contribution < 1.29 is 44.8 Å². The molecule has 0 radical (unpaired) electrons. The summed E-state index contributed by atoms with van der Waals surface area (Å²) in [4.78, 5) is 8.50. The Hall–Kier alpha value is -1.88. The van der Waals surface area contributed by atoms with Crippen LogP contribution in [0, 0.1) is 10.1 Å². The van der Waals surface area contributed by atoms with Crippen LogP contribution in [0.25, 0.3) is 0 Å². The van der Waals surface area contributed by atoms with Crippen molar-refractivity contribution in [3.8, 4) is 0 Å². The van der Waals surface area contributed by atoms with Crippen molar-refractivity contribution in [3.05, 3.63) is 33.6 Å². The number of rotatable bonds is 4. The summed E-state index contributed by atoms with van der Waals surface area (Å²) < 4.78 is 104. The third-order valence-electron chi connectivity index (χ3n) is 2.41. The second kappa shape index (κ2) is 5.15. The third kappa shape index (κ3) is 3.08. The average Bonchev–Trinajstić information content (AvgIpc) is 2.32. The van der Waals surface area contributed by atoms with Gasteiger partial charge in [0.2, 0.25) is 0 Å². The first-order chi connectivity index (χ1) is 9.33. The van der Waals surface area contributed by atoms with Gasteiger partial charge < -0.3 is 4.74 Å². The van der Waals surface area contributed by atoms with E-state index in [2.05, 4.69) is 4.74 Å². The fourth-order valence-corrected chi connectivity index (χ4v) is 1.22. The molecule has 0 saturated heterocycles. The molecule has 0 aromatic carbocycles. The van der Waals surface area contributed by atoms with E-state index in [1.807, 2.05) is 0 Å². The van der Waals surface area contributed by atoms with Crippen molar-refractivity contribution in [2.24, 2.45) is 0 Å². The van der Waals surface area contributed by atoms with E-state index >= 15 is 0 Å². The van der Waals surface area contributed by atoms with Crippen molar-refractivity contribution in [2.45, 2.75) is 24.3 Å². The highest BCUT2D eigenvalue weighted by Crippen LogP contribution is 2.41. The summed E-state index contributed by atoms with van der Waals surface area (Å²) in [6.07, 6.45) is -7.37. The molecule has 12 heteroatoms. The minimum atomic E-state index is -6.07. The number of nitro groups is 1. The average molecular weight is 327 g/mol. The molecule has 1 aliphatic rings. The van der Waals surface area contributed by atoms with Gasteiger partial charge in [-0.15, -0.1) is 0 Å². The van der Waals surface area contributed by atoms with Crippen molar-refractivity contribution in [2.75, 3.05) is 6.61 Å². The Labute approximate surface area is 110 Å². The van der Waals surface area contributed by atoms with Crippen LogP contribution in [0.3, 0.4) is 0 Å². The first-order valence-corrected chi connectivity index (χ1v) is 5.00. The second-order valence-electron chi connectivity index (χ2n) is 3.91. The third-order valence-corrected chi connectivity index (χ3v) is 2.41. The van der Waals surface area contributed by atoms with Crippen LogP contribution in [0.15, 0.2) is 23.5 Å². The molecule has 0 heterocycles.